The number of nitrogens with one attached hydrogen (secondary N) is 2. The maximum Gasteiger partial charge on any atom is 0.258 e. The van der Waals surface area contributed by atoms with Crippen LogP contribution < -0.4 is 29.6 Å². The minimum atomic E-state index is -0.304. The molecule has 3 aliphatic rings. The maximum absolute atomic E-state index is 13.5. The molecule has 4 aromatic rings. The number of hydrogen-bond acceptors (Lipinski definition) is 9. The Balaban J connectivity index is 1.25. The molecule has 1 fully saturated rings. The lowest BCUT2D eigenvalue weighted by Gasteiger charge is -2.21. The zero-order valence-electron chi connectivity index (χ0n) is 24.6. The van der Waals surface area contributed by atoms with Crippen LogP contribution in [0.25, 0.3) is 0 Å². The summed E-state index contributed by atoms with van der Waals surface area (Å²) in [5, 5.41) is 10.2. The Kier molecular flexibility index (Phi) is 8.59. The number of methoxy groups -OCH3 is 2. The summed E-state index contributed by atoms with van der Waals surface area (Å²) < 4.78 is 24.9. The van der Waals surface area contributed by atoms with Gasteiger partial charge in [0, 0.05) is 37.3 Å². The number of fused-ring (bicyclic) bond motifs is 7. The lowest BCUT2D eigenvalue weighted by Crippen LogP contribution is -2.45. The van der Waals surface area contributed by atoms with Crippen molar-refractivity contribution in [1.29, 1.82) is 0 Å². The van der Waals surface area contributed by atoms with Crippen LogP contribution in [0.2, 0.25) is 0 Å². The molecule has 12 heteroatoms. The van der Waals surface area contributed by atoms with E-state index in [0.29, 0.717) is 55.5 Å². The highest BCUT2D eigenvalue weighted by atomic mass is 16.5. The molecule has 2 N–H and O–H groups in total. The van der Waals surface area contributed by atoms with Crippen molar-refractivity contribution >= 4 is 11.8 Å². The lowest BCUT2D eigenvalue weighted by molar-refractivity contribution is -0.123. The number of benzene rings is 3. The molecule has 0 saturated carbocycles. The normalized spacial score (nSPS) is 18.8. The van der Waals surface area contributed by atoms with Crippen molar-refractivity contribution in [1.82, 2.24) is 30.3 Å². The van der Waals surface area contributed by atoms with Crippen LogP contribution in [0, 0.1) is 0 Å². The van der Waals surface area contributed by atoms with E-state index >= 15 is 0 Å². The van der Waals surface area contributed by atoms with Crippen LogP contribution in [0.3, 0.4) is 0 Å². The number of carbonyl (C=O) groups is 2. The van der Waals surface area contributed by atoms with E-state index in [9.17, 15) is 9.59 Å². The molecule has 0 aliphatic carbocycles. The molecule has 44 heavy (non-hydrogen) atoms. The van der Waals surface area contributed by atoms with Gasteiger partial charge < -0.3 is 29.6 Å². The average Bonchev–Trinajstić information content (AvgIpc) is 3.68. The van der Waals surface area contributed by atoms with Crippen molar-refractivity contribution in [2.75, 3.05) is 33.9 Å². The van der Waals surface area contributed by atoms with Crippen molar-refractivity contribution < 1.29 is 28.5 Å². The van der Waals surface area contributed by atoms with Crippen LogP contribution in [0.4, 0.5) is 0 Å². The smallest absolute Gasteiger partial charge is 0.258 e. The molecule has 228 valence electrons. The Morgan fingerprint density at radius 3 is 2.55 bits per heavy atom. The van der Waals surface area contributed by atoms with E-state index in [2.05, 4.69) is 31.7 Å². The van der Waals surface area contributed by atoms with Gasteiger partial charge in [-0.25, -0.2) is 9.67 Å². The molecule has 3 aliphatic heterocycles. The highest BCUT2D eigenvalue weighted by molar-refractivity contribution is 5.95. The predicted molar refractivity (Wildman–Crippen MR) is 160 cm³/mol. The quantitative estimate of drug-likeness (QED) is 0.344. The summed E-state index contributed by atoms with van der Waals surface area (Å²) in [6.45, 7) is 2.50. The second-order valence-electron chi connectivity index (χ2n) is 10.7. The van der Waals surface area contributed by atoms with Gasteiger partial charge in [-0.05, 0) is 53.6 Å². The average molecular weight is 599 g/mol. The van der Waals surface area contributed by atoms with Gasteiger partial charge in [0.2, 0.25) is 0 Å². The first-order chi connectivity index (χ1) is 21.5. The fraction of sp³-hybridized carbons (Fsp3) is 0.312. The van der Waals surface area contributed by atoms with Crippen molar-refractivity contribution in [2.24, 2.45) is 0 Å². The molecule has 0 radical (unpaired) electrons. The number of hydrogen-bond donors (Lipinski definition) is 2. The van der Waals surface area contributed by atoms with E-state index in [0.717, 1.165) is 22.4 Å². The van der Waals surface area contributed by atoms with E-state index in [1.807, 2.05) is 36.4 Å². The van der Waals surface area contributed by atoms with Gasteiger partial charge in [0.1, 0.15) is 30.3 Å². The molecule has 1 saturated heterocycles. The first kappa shape index (κ1) is 29.0. The van der Waals surface area contributed by atoms with E-state index in [1.54, 1.807) is 36.3 Å². The summed E-state index contributed by atoms with van der Waals surface area (Å²) in [5.74, 6) is 1.64. The SMILES string of the molecule is COc1ccc(CN2C[C@@H]3NC(=O)c4ccc(OC)c(c4)OCC(=O)NCc4ccc(cc4)O[C@H]3C2)cc1Cn1cncn1. The second kappa shape index (κ2) is 13.0. The lowest BCUT2D eigenvalue weighted by atomic mass is 10.1. The van der Waals surface area contributed by atoms with Crippen molar-refractivity contribution in [3.8, 4) is 23.0 Å². The third-order valence-electron chi connectivity index (χ3n) is 7.69. The van der Waals surface area contributed by atoms with Crippen LogP contribution in [-0.2, 0) is 24.4 Å². The Morgan fingerprint density at radius 1 is 0.955 bits per heavy atom. The molecule has 2 amide bonds. The standard InChI is InChI=1S/C32H34N6O6/c1-41-27-9-5-22(11-24(27)15-38-20-33-19-35-38)14-37-16-26-30(17-37)44-25-7-3-21(4-8-25)13-34-31(39)18-43-29-12-23(32(40)36-26)6-10-28(29)42-2/h3-12,19-20,26,30H,13-18H2,1-2H3,(H,34,39)(H,36,40)/t26-,30-/m0/s1. The molecule has 12 nitrogen and oxygen atoms in total. The zero-order valence-corrected chi connectivity index (χ0v) is 24.6. The van der Waals surface area contributed by atoms with Gasteiger partial charge in [0.05, 0.1) is 26.8 Å². The topological polar surface area (TPSA) is 129 Å². The van der Waals surface area contributed by atoms with Gasteiger partial charge in [0.15, 0.2) is 18.1 Å². The van der Waals surface area contributed by atoms with Crippen molar-refractivity contribution in [3.63, 3.8) is 0 Å². The Labute approximate surface area is 254 Å². The van der Waals surface area contributed by atoms with Gasteiger partial charge in [-0.3, -0.25) is 14.5 Å². The Bertz CT molecular complexity index is 1610. The Morgan fingerprint density at radius 2 is 1.77 bits per heavy atom. The number of amides is 2. The summed E-state index contributed by atoms with van der Waals surface area (Å²) in [5.41, 5.74) is 3.41. The monoisotopic (exact) mass is 598 g/mol. The van der Waals surface area contributed by atoms with E-state index in [-0.39, 0.29) is 30.6 Å². The predicted octanol–water partition coefficient (Wildman–Crippen LogP) is 2.41. The number of nitrogens with zero attached hydrogens (tertiary/aromatic N) is 4. The summed E-state index contributed by atoms with van der Waals surface area (Å²) in [4.78, 5) is 32.2. The van der Waals surface area contributed by atoms with Gasteiger partial charge in [-0.2, -0.15) is 5.10 Å². The van der Waals surface area contributed by atoms with Crippen LogP contribution in [0.15, 0.2) is 73.3 Å². The minimum absolute atomic E-state index is 0.214. The van der Waals surface area contributed by atoms with Crippen molar-refractivity contribution in [3.05, 3.63) is 95.6 Å². The fourth-order valence-corrected chi connectivity index (χ4v) is 5.48. The van der Waals surface area contributed by atoms with Crippen LogP contribution >= 0.6 is 0 Å². The number of ether oxygens (including phenoxy) is 4. The fourth-order valence-electron chi connectivity index (χ4n) is 5.48. The summed E-state index contributed by atoms with van der Waals surface area (Å²) in [7, 11) is 3.17. The zero-order chi connectivity index (χ0) is 30.5. The molecule has 0 unspecified atom stereocenters. The molecule has 3 aromatic carbocycles. The molecule has 1 aromatic heterocycles. The Hall–Kier alpha value is -5.10. The van der Waals surface area contributed by atoms with E-state index in [1.165, 1.54) is 13.4 Å². The number of likely N-dealkylation sites (tertiary alicyclic amines) is 1. The summed E-state index contributed by atoms with van der Waals surface area (Å²) in [6.07, 6.45) is 2.88. The highest BCUT2D eigenvalue weighted by Gasteiger charge is 2.36. The third kappa shape index (κ3) is 6.76. The highest BCUT2D eigenvalue weighted by Crippen LogP contribution is 2.29. The largest absolute Gasteiger partial charge is 0.496 e. The van der Waals surface area contributed by atoms with Gasteiger partial charge >= 0.3 is 0 Å². The molecule has 4 heterocycles. The molecular weight excluding hydrogens is 564 g/mol. The van der Waals surface area contributed by atoms with Crippen molar-refractivity contribution in [2.45, 2.75) is 31.8 Å². The first-order valence-electron chi connectivity index (χ1n) is 14.3. The van der Waals surface area contributed by atoms with Gasteiger partial charge in [-0.15, -0.1) is 0 Å². The number of carbonyl (C=O) groups excluding carboxylic acids is 2. The third-order valence-corrected chi connectivity index (χ3v) is 7.69. The minimum Gasteiger partial charge on any atom is -0.496 e. The maximum atomic E-state index is 13.5. The second-order valence-corrected chi connectivity index (χ2v) is 10.7. The van der Waals surface area contributed by atoms with Gasteiger partial charge in [0.25, 0.3) is 11.8 Å². The van der Waals surface area contributed by atoms with E-state index in [4.69, 9.17) is 18.9 Å². The van der Waals surface area contributed by atoms with Crippen LogP contribution in [0.1, 0.15) is 27.0 Å². The van der Waals surface area contributed by atoms with Crippen LogP contribution in [0.5, 0.6) is 23.0 Å². The molecule has 2 atom stereocenters. The van der Waals surface area contributed by atoms with E-state index < -0.39 is 0 Å². The number of rotatable bonds is 6. The molecular formula is C32H34N6O6. The summed E-state index contributed by atoms with van der Waals surface area (Å²) >= 11 is 0. The van der Waals surface area contributed by atoms with Gasteiger partial charge in [-0.1, -0.05) is 18.2 Å². The van der Waals surface area contributed by atoms with Crippen LogP contribution in [-0.4, -0.2) is 77.5 Å². The summed E-state index contributed by atoms with van der Waals surface area (Å²) in [6, 6.07) is 18.3. The molecule has 7 rings (SSSR count). The first-order valence-corrected chi connectivity index (χ1v) is 14.3. The molecule has 0 spiro atoms. The molecule has 4 bridgehead atoms. The number of aromatic nitrogens is 3.